The predicted octanol–water partition coefficient (Wildman–Crippen LogP) is 4.43. The van der Waals surface area contributed by atoms with Crippen molar-refractivity contribution in [3.63, 3.8) is 0 Å². The summed E-state index contributed by atoms with van der Waals surface area (Å²) in [5.41, 5.74) is 1.65. The molecule has 0 radical (unpaired) electrons. The first-order valence-corrected chi connectivity index (χ1v) is 9.45. The molecule has 3 rings (SSSR count). The van der Waals surface area contributed by atoms with Crippen LogP contribution in [0.4, 0.5) is 0 Å². The summed E-state index contributed by atoms with van der Waals surface area (Å²) < 4.78 is 16.5. The van der Waals surface area contributed by atoms with Gasteiger partial charge in [-0.25, -0.2) is 0 Å². The van der Waals surface area contributed by atoms with Crippen LogP contribution in [0.25, 0.3) is 0 Å². The summed E-state index contributed by atoms with van der Waals surface area (Å²) in [4.78, 5) is 14.2. The summed E-state index contributed by atoms with van der Waals surface area (Å²) in [6.45, 7) is 1.37. The lowest BCUT2D eigenvalue weighted by Crippen LogP contribution is -2.30. The first-order chi connectivity index (χ1) is 14.2. The molecule has 0 unspecified atom stereocenters. The minimum absolute atomic E-state index is 0.0427. The monoisotopic (exact) mass is 391 g/mol. The molecule has 1 amide bonds. The standard InChI is InChI=1S/C24H25NO4/c1-25(16-17-28-23-14-12-21(27-2)13-15-23)24(26)20-10-8-19(9-11-20)18-29-22-6-4-3-5-7-22/h3-15H,16-18H2,1-2H3. The minimum Gasteiger partial charge on any atom is -0.497 e. The quantitative estimate of drug-likeness (QED) is 0.542. The van der Waals surface area contributed by atoms with Crippen molar-refractivity contribution in [1.29, 1.82) is 0 Å². The Balaban J connectivity index is 1.46. The van der Waals surface area contributed by atoms with E-state index < -0.39 is 0 Å². The number of carbonyl (C=O) groups excluding carboxylic acids is 1. The van der Waals surface area contributed by atoms with E-state index in [9.17, 15) is 4.79 Å². The zero-order valence-corrected chi connectivity index (χ0v) is 16.7. The van der Waals surface area contributed by atoms with E-state index in [2.05, 4.69) is 0 Å². The Labute approximate surface area is 171 Å². The molecule has 5 heteroatoms. The van der Waals surface area contributed by atoms with Crippen LogP contribution in [0.3, 0.4) is 0 Å². The highest BCUT2D eigenvalue weighted by Crippen LogP contribution is 2.17. The number of likely N-dealkylation sites (N-methyl/N-ethyl adjacent to an activating group) is 1. The third-order valence-electron chi connectivity index (χ3n) is 4.45. The van der Waals surface area contributed by atoms with Gasteiger partial charge in [0.1, 0.15) is 30.5 Å². The van der Waals surface area contributed by atoms with Crippen LogP contribution >= 0.6 is 0 Å². The summed E-state index contributed by atoms with van der Waals surface area (Å²) in [6.07, 6.45) is 0. The van der Waals surface area contributed by atoms with E-state index >= 15 is 0 Å². The van der Waals surface area contributed by atoms with Gasteiger partial charge in [-0.05, 0) is 54.1 Å². The molecule has 0 atom stereocenters. The molecule has 0 saturated carbocycles. The van der Waals surface area contributed by atoms with Crippen molar-refractivity contribution in [2.75, 3.05) is 27.3 Å². The Kier molecular flexibility index (Phi) is 7.11. The van der Waals surface area contributed by atoms with Crippen LogP contribution in [0.2, 0.25) is 0 Å². The van der Waals surface area contributed by atoms with Crippen molar-refractivity contribution in [3.05, 3.63) is 90.0 Å². The zero-order chi connectivity index (χ0) is 20.5. The van der Waals surface area contributed by atoms with Gasteiger partial charge < -0.3 is 19.1 Å². The molecule has 0 aliphatic heterocycles. The fourth-order valence-corrected chi connectivity index (χ4v) is 2.72. The van der Waals surface area contributed by atoms with E-state index in [-0.39, 0.29) is 5.91 Å². The van der Waals surface area contributed by atoms with Crippen molar-refractivity contribution in [1.82, 2.24) is 4.90 Å². The molecular weight excluding hydrogens is 366 g/mol. The predicted molar refractivity (Wildman–Crippen MR) is 113 cm³/mol. The highest BCUT2D eigenvalue weighted by molar-refractivity contribution is 5.94. The average Bonchev–Trinajstić information content (AvgIpc) is 2.78. The van der Waals surface area contributed by atoms with Crippen molar-refractivity contribution in [2.45, 2.75) is 6.61 Å². The molecule has 150 valence electrons. The second kappa shape index (κ2) is 10.2. The van der Waals surface area contributed by atoms with Gasteiger partial charge in [0.25, 0.3) is 5.91 Å². The Bertz CT molecular complexity index is 892. The molecule has 3 aromatic rings. The summed E-state index contributed by atoms with van der Waals surface area (Å²) >= 11 is 0. The number of rotatable bonds is 9. The number of methoxy groups -OCH3 is 1. The number of amides is 1. The molecule has 0 aliphatic rings. The van der Waals surface area contributed by atoms with Crippen molar-refractivity contribution in [2.24, 2.45) is 0 Å². The number of hydrogen-bond acceptors (Lipinski definition) is 4. The number of hydrogen-bond donors (Lipinski definition) is 0. The van der Waals surface area contributed by atoms with Gasteiger partial charge in [-0.1, -0.05) is 30.3 Å². The van der Waals surface area contributed by atoms with Crippen LogP contribution in [0.15, 0.2) is 78.9 Å². The SMILES string of the molecule is COc1ccc(OCCN(C)C(=O)c2ccc(COc3ccccc3)cc2)cc1. The van der Waals surface area contributed by atoms with Crippen LogP contribution in [-0.4, -0.2) is 38.1 Å². The molecule has 0 aliphatic carbocycles. The number of ether oxygens (including phenoxy) is 3. The smallest absolute Gasteiger partial charge is 0.253 e. The van der Waals surface area contributed by atoms with E-state index in [1.807, 2.05) is 78.9 Å². The number of benzene rings is 3. The zero-order valence-electron chi connectivity index (χ0n) is 16.7. The van der Waals surface area contributed by atoms with Crippen LogP contribution in [-0.2, 0) is 6.61 Å². The van der Waals surface area contributed by atoms with Crippen LogP contribution < -0.4 is 14.2 Å². The lowest BCUT2D eigenvalue weighted by Gasteiger charge is -2.18. The van der Waals surface area contributed by atoms with Gasteiger partial charge in [-0.2, -0.15) is 0 Å². The van der Waals surface area contributed by atoms with Gasteiger partial charge in [-0.3, -0.25) is 4.79 Å². The maximum absolute atomic E-state index is 12.6. The van der Waals surface area contributed by atoms with Gasteiger partial charge in [0, 0.05) is 12.6 Å². The van der Waals surface area contributed by atoms with Crippen LogP contribution in [0.5, 0.6) is 17.2 Å². The van der Waals surface area contributed by atoms with Crippen LogP contribution in [0, 0.1) is 0 Å². The first-order valence-electron chi connectivity index (χ1n) is 9.45. The van der Waals surface area contributed by atoms with Crippen molar-refractivity contribution < 1.29 is 19.0 Å². The topological polar surface area (TPSA) is 48.0 Å². The maximum Gasteiger partial charge on any atom is 0.253 e. The van der Waals surface area contributed by atoms with E-state index in [0.29, 0.717) is 25.3 Å². The number of carbonyl (C=O) groups is 1. The maximum atomic E-state index is 12.6. The second-order valence-corrected chi connectivity index (χ2v) is 6.55. The Hall–Kier alpha value is -3.47. The number of nitrogens with zero attached hydrogens (tertiary/aromatic N) is 1. The van der Waals surface area contributed by atoms with E-state index in [0.717, 1.165) is 22.8 Å². The second-order valence-electron chi connectivity index (χ2n) is 6.55. The lowest BCUT2D eigenvalue weighted by atomic mass is 10.1. The molecule has 0 fully saturated rings. The summed E-state index contributed by atoms with van der Waals surface area (Å²) in [5, 5.41) is 0. The van der Waals surface area contributed by atoms with Gasteiger partial charge in [-0.15, -0.1) is 0 Å². The fraction of sp³-hybridized carbons (Fsp3) is 0.208. The summed E-state index contributed by atoms with van der Waals surface area (Å²) in [7, 11) is 3.39. The van der Waals surface area contributed by atoms with Gasteiger partial charge in [0.2, 0.25) is 0 Å². The average molecular weight is 391 g/mol. The summed E-state index contributed by atoms with van der Waals surface area (Å²) in [6, 6.07) is 24.5. The third-order valence-corrected chi connectivity index (χ3v) is 4.45. The highest BCUT2D eigenvalue weighted by atomic mass is 16.5. The van der Waals surface area contributed by atoms with Gasteiger partial charge in [0.05, 0.1) is 13.7 Å². The molecule has 0 spiro atoms. The largest absolute Gasteiger partial charge is 0.497 e. The van der Waals surface area contributed by atoms with Crippen molar-refractivity contribution in [3.8, 4) is 17.2 Å². The molecule has 0 heterocycles. The van der Waals surface area contributed by atoms with E-state index in [4.69, 9.17) is 14.2 Å². The number of para-hydroxylation sites is 1. The Morgan fingerprint density at radius 3 is 2.07 bits per heavy atom. The normalized spacial score (nSPS) is 10.3. The molecule has 0 aromatic heterocycles. The van der Waals surface area contributed by atoms with Gasteiger partial charge in [0.15, 0.2) is 0 Å². The van der Waals surface area contributed by atoms with Crippen LogP contribution in [0.1, 0.15) is 15.9 Å². The van der Waals surface area contributed by atoms with E-state index in [1.165, 1.54) is 0 Å². The molecule has 5 nitrogen and oxygen atoms in total. The van der Waals surface area contributed by atoms with Gasteiger partial charge >= 0.3 is 0 Å². The summed E-state index contributed by atoms with van der Waals surface area (Å²) in [5.74, 6) is 2.31. The highest BCUT2D eigenvalue weighted by Gasteiger charge is 2.11. The molecule has 0 saturated heterocycles. The third kappa shape index (κ3) is 6.01. The lowest BCUT2D eigenvalue weighted by molar-refractivity contribution is 0.0773. The molecule has 3 aromatic carbocycles. The van der Waals surface area contributed by atoms with E-state index in [1.54, 1.807) is 19.1 Å². The fourth-order valence-electron chi connectivity index (χ4n) is 2.72. The Morgan fingerprint density at radius 2 is 1.41 bits per heavy atom. The molecule has 0 N–H and O–H groups in total. The molecular formula is C24H25NO4. The minimum atomic E-state index is -0.0427. The molecule has 0 bridgehead atoms. The first kappa shape index (κ1) is 20.3. The Morgan fingerprint density at radius 1 is 0.793 bits per heavy atom. The van der Waals surface area contributed by atoms with Crippen molar-refractivity contribution >= 4 is 5.91 Å². The molecule has 29 heavy (non-hydrogen) atoms.